The van der Waals surface area contributed by atoms with Crippen LogP contribution in [0.4, 0.5) is 11.4 Å². The molecule has 0 saturated heterocycles. The van der Waals surface area contributed by atoms with Gasteiger partial charge in [0.05, 0.1) is 10.6 Å². The first-order valence-corrected chi connectivity index (χ1v) is 9.92. The minimum Gasteiger partial charge on any atom is -0.322 e. The number of hydrogen-bond acceptors (Lipinski definition) is 2. The Morgan fingerprint density at radius 1 is 0.633 bits per heavy atom. The highest BCUT2D eigenvalue weighted by molar-refractivity contribution is 6.37. The normalized spacial score (nSPS) is 10.6. The van der Waals surface area contributed by atoms with Gasteiger partial charge in [0.15, 0.2) is 0 Å². The topological polar surface area (TPSA) is 58.2 Å². The first kappa shape index (κ1) is 20.0. The van der Waals surface area contributed by atoms with Crippen LogP contribution in [-0.4, -0.2) is 11.8 Å². The van der Waals surface area contributed by atoms with Gasteiger partial charge in [0.25, 0.3) is 11.8 Å². The summed E-state index contributed by atoms with van der Waals surface area (Å²) in [5.41, 5.74) is 1.98. The van der Waals surface area contributed by atoms with Gasteiger partial charge >= 0.3 is 0 Å². The molecule has 0 bridgehead atoms. The maximum atomic E-state index is 12.8. The number of anilines is 2. The van der Waals surface area contributed by atoms with Crippen molar-refractivity contribution in [2.75, 3.05) is 10.6 Å². The van der Waals surface area contributed by atoms with Crippen molar-refractivity contribution in [2.24, 2.45) is 0 Å². The Balaban J connectivity index is 1.53. The van der Waals surface area contributed by atoms with Crippen LogP contribution in [0.25, 0.3) is 10.8 Å². The van der Waals surface area contributed by atoms with Gasteiger partial charge in [-0.2, -0.15) is 0 Å². The van der Waals surface area contributed by atoms with E-state index in [4.69, 9.17) is 23.2 Å². The van der Waals surface area contributed by atoms with Gasteiger partial charge in [0.2, 0.25) is 0 Å². The SMILES string of the molecule is O=C(Nc1cccc(NC(=O)c2cccc3ccccc23)c1)c1ccc(Cl)cc1Cl. The van der Waals surface area contributed by atoms with E-state index < -0.39 is 0 Å². The summed E-state index contributed by atoms with van der Waals surface area (Å²) in [6.07, 6.45) is 0. The molecule has 0 spiro atoms. The molecule has 0 fully saturated rings. The van der Waals surface area contributed by atoms with Gasteiger partial charge in [-0.05, 0) is 53.2 Å². The van der Waals surface area contributed by atoms with E-state index in [2.05, 4.69) is 10.6 Å². The molecule has 2 amide bonds. The number of fused-ring (bicyclic) bond motifs is 1. The van der Waals surface area contributed by atoms with E-state index >= 15 is 0 Å². The van der Waals surface area contributed by atoms with E-state index in [0.717, 1.165) is 10.8 Å². The Morgan fingerprint density at radius 3 is 2.00 bits per heavy atom. The number of hydrogen-bond donors (Lipinski definition) is 2. The van der Waals surface area contributed by atoms with Crippen LogP contribution < -0.4 is 10.6 Å². The number of benzene rings is 4. The molecule has 0 aromatic heterocycles. The zero-order valence-electron chi connectivity index (χ0n) is 15.7. The molecule has 148 valence electrons. The first-order valence-electron chi connectivity index (χ1n) is 9.17. The van der Waals surface area contributed by atoms with E-state index in [1.807, 2.05) is 36.4 Å². The molecule has 4 aromatic carbocycles. The summed E-state index contributed by atoms with van der Waals surface area (Å²) < 4.78 is 0. The molecule has 4 nitrogen and oxygen atoms in total. The van der Waals surface area contributed by atoms with Gasteiger partial charge in [-0.1, -0.05) is 65.7 Å². The summed E-state index contributed by atoms with van der Waals surface area (Å²) in [7, 11) is 0. The van der Waals surface area contributed by atoms with Crippen LogP contribution >= 0.6 is 23.2 Å². The smallest absolute Gasteiger partial charge is 0.257 e. The number of halogens is 2. The minimum atomic E-state index is -0.366. The third-order valence-electron chi connectivity index (χ3n) is 4.59. The fourth-order valence-corrected chi connectivity index (χ4v) is 3.66. The van der Waals surface area contributed by atoms with Crippen molar-refractivity contribution in [1.82, 2.24) is 0 Å². The van der Waals surface area contributed by atoms with Gasteiger partial charge in [-0.3, -0.25) is 9.59 Å². The lowest BCUT2D eigenvalue weighted by atomic mass is 10.0. The lowest BCUT2D eigenvalue weighted by Crippen LogP contribution is -2.14. The van der Waals surface area contributed by atoms with E-state index in [-0.39, 0.29) is 16.8 Å². The molecule has 0 atom stereocenters. The standard InChI is InChI=1S/C24H16Cl2N2O2/c25-16-11-12-21(22(26)13-16)24(30)28-18-8-4-7-17(14-18)27-23(29)20-10-3-6-15-5-1-2-9-19(15)20/h1-14H,(H,27,29)(H,28,30). The summed E-state index contributed by atoms with van der Waals surface area (Å²) in [5, 5.41) is 8.26. The van der Waals surface area contributed by atoms with Crippen molar-refractivity contribution in [2.45, 2.75) is 0 Å². The molecule has 0 aliphatic heterocycles. The monoisotopic (exact) mass is 434 g/mol. The van der Waals surface area contributed by atoms with Crippen LogP contribution in [0.3, 0.4) is 0 Å². The van der Waals surface area contributed by atoms with Gasteiger partial charge in [0.1, 0.15) is 0 Å². The summed E-state index contributed by atoms with van der Waals surface area (Å²) in [6.45, 7) is 0. The van der Waals surface area contributed by atoms with E-state index in [0.29, 0.717) is 27.5 Å². The molecule has 0 heterocycles. The molecule has 0 saturated carbocycles. The maximum absolute atomic E-state index is 12.8. The lowest BCUT2D eigenvalue weighted by molar-refractivity contribution is 0.102. The average Bonchev–Trinajstić information content (AvgIpc) is 2.73. The van der Waals surface area contributed by atoms with Crippen LogP contribution in [0.1, 0.15) is 20.7 Å². The summed E-state index contributed by atoms with van der Waals surface area (Å²) in [6, 6.07) is 24.9. The zero-order valence-corrected chi connectivity index (χ0v) is 17.2. The highest BCUT2D eigenvalue weighted by Crippen LogP contribution is 2.24. The van der Waals surface area contributed by atoms with Crippen molar-refractivity contribution in [3.63, 3.8) is 0 Å². The van der Waals surface area contributed by atoms with Crippen LogP contribution in [0, 0.1) is 0 Å². The minimum absolute atomic E-state index is 0.226. The fourth-order valence-electron chi connectivity index (χ4n) is 3.17. The van der Waals surface area contributed by atoms with Gasteiger partial charge in [0, 0.05) is 22.0 Å². The van der Waals surface area contributed by atoms with Crippen molar-refractivity contribution >= 4 is 57.2 Å². The van der Waals surface area contributed by atoms with E-state index in [9.17, 15) is 9.59 Å². The number of carbonyl (C=O) groups excluding carboxylic acids is 2. The summed E-state index contributed by atoms with van der Waals surface area (Å²) in [4.78, 5) is 25.4. The molecule has 6 heteroatoms. The lowest BCUT2D eigenvalue weighted by Gasteiger charge is -2.11. The summed E-state index contributed by atoms with van der Waals surface area (Å²) >= 11 is 12.0. The molecule has 0 aliphatic rings. The number of carbonyl (C=O) groups is 2. The van der Waals surface area contributed by atoms with E-state index in [1.54, 1.807) is 42.5 Å². The highest BCUT2D eigenvalue weighted by atomic mass is 35.5. The second kappa shape index (κ2) is 8.57. The molecule has 0 aliphatic carbocycles. The molecule has 0 radical (unpaired) electrons. The van der Waals surface area contributed by atoms with Gasteiger partial charge in [-0.15, -0.1) is 0 Å². The number of nitrogens with one attached hydrogen (secondary N) is 2. The quantitative estimate of drug-likeness (QED) is 0.377. The van der Waals surface area contributed by atoms with Gasteiger partial charge in [-0.25, -0.2) is 0 Å². The molecule has 0 unspecified atom stereocenters. The first-order chi connectivity index (χ1) is 14.5. The Bertz CT molecular complexity index is 1270. The second-order valence-corrected chi connectivity index (χ2v) is 7.48. The Morgan fingerprint density at radius 2 is 1.27 bits per heavy atom. The van der Waals surface area contributed by atoms with Crippen LogP contribution in [0.2, 0.25) is 10.0 Å². The highest BCUT2D eigenvalue weighted by Gasteiger charge is 2.13. The van der Waals surface area contributed by atoms with Crippen molar-refractivity contribution < 1.29 is 9.59 Å². The Kier molecular flexibility index (Phi) is 5.70. The van der Waals surface area contributed by atoms with Crippen LogP contribution in [-0.2, 0) is 0 Å². The summed E-state index contributed by atoms with van der Waals surface area (Å²) in [5.74, 6) is -0.592. The number of amides is 2. The van der Waals surface area contributed by atoms with Crippen molar-refractivity contribution in [3.8, 4) is 0 Å². The molecule has 4 aromatic rings. The molecule has 30 heavy (non-hydrogen) atoms. The zero-order chi connectivity index (χ0) is 21.1. The fraction of sp³-hybridized carbons (Fsp3) is 0. The number of rotatable bonds is 4. The predicted molar refractivity (Wildman–Crippen MR) is 123 cm³/mol. The van der Waals surface area contributed by atoms with Crippen LogP contribution in [0.5, 0.6) is 0 Å². The third kappa shape index (κ3) is 4.30. The molecular formula is C24H16Cl2N2O2. The van der Waals surface area contributed by atoms with Crippen molar-refractivity contribution in [1.29, 1.82) is 0 Å². The van der Waals surface area contributed by atoms with Crippen molar-refractivity contribution in [3.05, 3.63) is 106 Å². The molecule has 4 rings (SSSR count). The third-order valence-corrected chi connectivity index (χ3v) is 5.14. The average molecular weight is 435 g/mol. The second-order valence-electron chi connectivity index (χ2n) is 6.64. The molecule has 2 N–H and O–H groups in total. The van der Waals surface area contributed by atoms with E-state index in [1.165, 1.54) is 6.07 Å². The van der Waals surface area contributed by atoms with Gasteiger partial charge < -0.3 is 10.6 Å². The Labute approximate surface area is 183 Å². The predicted octanol–water partition coefficient (Wildman–Crippen LogP) is 6.65. The maximum Gasteiger partial charge on any atom is 0.257 e. The van der Waals surface area contributed by atoms with Crippen LogP contribution in [0.15, 0.2) is 84.9 Å². The largest absolute Gasteiger partial charge is 0.322 e. The molecular weight excluding hydrogens is 419 g/mol. The Hall–Kier alpha value is -3.34.